The van der Waals surface area contributed by atoms with Gasteiger partial charge in [-0.3, -0.25) is 0 Å². The molecule has 3 nitrogen and oxygen atoms in total. The largest absolute Gasteiger partial charge is 0.212 e. The molecule has 0 saturated carbocycles. The van der Waals surface area contributed by atoms with Crippen LogP contribution in [0.15, 0.2) is 130 Å². The molecule has 0 bridgehead atoms. The van der Waals surface area contributed by atoms with E-state index in [2.05, 4.69) is 123 Å². The molecule has 5 heteroatoms. The summed E-state index contributed by atoms with van der Waals surface area (Å²) in [5, 5.41) is 0. The molecule has 0 saturated heterocycles. The zero-order valence-corrected chi connectivity index (χ0v) is 23.6. The molecule has 1 aromatic heterocycles. The number of hydrogen-bond acceptors (Lipinski definition) is 3. The Hall–Kier alpha value is -3.67. The first-order valence-corrected chi connectivity index (χ1v) is 14.0. The van der Waals surface area contributed by atoms with Crippen LogP contribution >= 0.6 is 31.9 Å². The smallest absolute Gasteiger partial charge is 0.163 e. The molecule has 1 atom stereocenters. The minimum Gasteiger partial charge on any atom is -0.212 e. The minimum atomic E-state index is 0.0714. The Kier molecular flexibility index (Phi) is 7.12. The van der Waals surface area contributed by atoms with Crippen molar-refractivity contribution >= 4 is 37.4 Å². The van der Waals surface area contributed by atoms with Crippen LogP contribution in [0.2, 0.25) is 0 Å². The van der Waals surface area contributed by atoms with Gasteiger partial charge >= 0.3 is 0 Å². The minimum absolute atomic E-state index is 0.0714. The maximum atomic E-state index is 4.97. The Bertz CT molecular complexity index is 1620. The fraction of sp³-hybridized carbons (Fsp3) is 0.0606. The first-order chi connectivity index (χ1) is 18.6. The summed E-state index contributed by atoms with van der Waals surface area (Å²) >= 11 is 7.22. The van der Waals surface area contributed by atoms with Gasteiger partial charge in [0.25, 0.3) is 0 Å². The van der Waals surface area contributed by atoms with Crippen LogP contribution in [0.5, 0.6) is 0 Å². The average Bonchev–Trinajstić information content (AvgIpc) is 2.97. The molecular formula is C33H23Br2N3. The maximum Gasteiger partial charge on any atom is 0.163 e. The van der Waals surface area contributed by atoms with E-state index >= 15 is 0 Å². The van der Waals surface area contributed by atoms with Gasteiger partial charge in [-0.15, -0.1) is 0 Å². The molecule has 1 unspecified atom stereocenters. The summed E-state index contributed by atoms with van der Waals surface area (Å²) in [7, 11) is 0. The molecule has 5 aromatic rings. The van der Waals surface area contributed by atoms with E-state index in [1.807, 2.05) is 30.3 Å². The van der Waals surface area contributed by atoms with Crippen LogP contribution in [0.4, 0.5) is 0 Å². The Labute approximate surface area is 239 Å². The monoisotopic (exact) mass is 619 g/mol. The first-order valence-electron chi connectivity index (χ1n) is 12.4. The van der Waals surface area contributed by atoms with Gasteiger partial charge in [-0.25, -0.2) is 15.0 Å². The van der Waals surface area contributed by atoms with Crippen LogP contribution < -0.4 is 0 Å². The lowest BCUT2D eigenvalue weighted by Crippen LogP contribution is -2.08. The van der Waals surface area contributed by atoms with Gasteiger partial charge in [0.05, 0.1) is 0 Å². The van der Waals surface area contributed by atoms with E-state index in [0.717, 1.165) is 37.9 Å². The van der Waals surface area contributed by atoms with Gasteiger partial charge in [0, 0.05) is 26.0 Å². The average molecular weight is 621 g/mol. The second-order valence-electron chi connectivity index (χ2n) is 9.17. The normalized spacial score (nSPS) is 14.8. The molecule has 0 N–H and O–H groups in total. The predicted molar refractivity (Wildman–Crippen MR) is 162 cm³/mol. The number of hydrogen-bond donors (Lipinski definition) is 0. The summed E-state index contributed by atoms with van der Waals surface area (Å²) in [4.78, 5) is 14.8. The zero-order chi connectivity index (χ0) is 25.9. The lowest BCUT2D eigenvalue weighted by Gasteiger charge is -2.17. The summed E-state index contributed by atoms with van der Waals surface area (Å²) in [6.45, 7) is 0. The molecule has 1 aliphatic carbocycles. The highest BCUT2D eigenvalue weighted by molar-refractivity contribution is 9.11. The summed E-state index contributed by atoms with van der Waals surface area (Å²) in [5.74, 6) is 2.17. The summed E-state index contributed by atoms with van der Waals surface area (Å²) < 4.78 is 1.93. The molecule has 1 aliphatic rings. The van der Waals surface area contributed by atoms with Gasteiger partial charge in [-0.1, -0.05) is 135 Å². The lowest BCUT2D eigenvalue weighted by molar-refractivity contribution is 0.766. The second-order valence-corrected chi connectivity index (χ2v) is 11.0. The van der Waals surface area contributed by atoms with E-state index in [9.17, 15) is 0 Å². The summed E-state index contributed by atoms with van der Waals surface area (Å²) in [5.41, 5.74) is 6.68. The molecule has 4 aromatic carbocycles. The number of allylic oxidation sites excluding steroid dienone is 4. The van der Waals surface area contributed by atoms with Crippen LogP contribution in [-0.4, -0.2) is 15.0 Å². The predicted octanol–water partition coefficient (Wildman–Crippen LogP) is 9.52. The van der Waals surface area contributed by atoms with Crippen LogP contribution in [0.25, 0.3) is 39.5 Å². The van der Waals surface area contributed by atoms with Gasteiger partial charge in [-0.05, 0) is 46.9 Å². The van der Waals surface area contributed by atoms with Gasteiger partial charge in [0.15, 0.2) is 11.6 Å². The Morgan fingerprint density at radius 3 is 1.71 bits per heavy atom. The third-order valence-corrected chi connectivity index (χ3v) is 7.48. The zero-order valence-electron chi connectivity index (χ0n) is 20.4. The third-order valence-electron chi connectivity index (χ3n) is 6.56. The Morgan fingerprint density at radius 2 is 1.11 bits per heavy atom. The lowest BCUT2D eigenvalue weighted by atomic mass is 9.92. The summed E-state index contributed by atoms with van der Waals surface area (Å²) in [6.07, 6.45) is 7.49. The molecule has 0 aliphatic heterocycles. The second kappa shape index (κ2) is 11.0. The standard InChI is InChI=1S/C33H23Br2N3/c34-29-19-28(20-30(35)21-29)33-37-31(26-15-11-24(12-16-26)22-7-3-1-4-8-22)36-32(38-33)27-17-13-25(14-18-27)23-9-5-2-6-10-23/h1-17,19-21,27H,18H2. The van der Waals surface area contributed by atoms with Crippen molar-refractivity contribution in [3.8, 4) is 33.9 Å². The highest BCUT2D eigenvalue weighted by Crippen LogP contribution is 2.33. The highest BCUT2D eigenvalue weighted by atomic mass is 79.9. The first kappa shape index (κ1) is 24.7. The Balaban J connectivity index is 1.38. The SMILES string of the molecule is Brc1cc(Br)cc(-c2nc(-c3ccc(-c4ccccc4)cc3)nc(C3C=CC(c4ccccc4)=CC3)n2)c1. The van der Waals surface area contributed by atoms with Gasteiger partial charge in [-0.2, -0.15) is 0 Å². The van der Waals surface area contributed by atoms with Crippen molar-refractivity contribution in [1.29, 1.82) is 0 Å². The number of aromatic nitrogens is 3. The van der Waals surface area contributed by atoms with Gasteiger partial charge in [0.1, 0.15) is 5.82 Å². The van der Waals surface area contributed by atoms with Gasteiger partial charge in [0.2, 0.25) is 0 Å². The molecule has 0 amide bonds. The van der Waals surface area contributed by atoms with Crippen molar-refractivity contribution in [3.63, 3.8) is 0 Å². The number of rotatable bonds is 5. The van der Waals surface area contributed by atoms with E-state index in [4.69, 9.17) is 15.0 Å². The molecule has 184 valence electrons. The topological polar surface area (TPSA) is 38.7 Å². The molecule has 0 fully saturated rings. The molecule has 38 heavy (non-hydrogen) atoms. The third kappa shape index (κ3) is 5.45. The summed E-state index contributed by atoms with van der Waals surface area (Å²) in [6, 6.07) is 35.3. The van der Waals surface area contributed by atoms with E-state index < -0.39 is 0 Å². The fourth-order valence-electron chi connectivity index (χ4n) is 4.60. The maximum absolute atomic E-state index is 4.97. The van der Waals surface area contributed by atoms with Crippen molar-refractivity contribution < 1.29 is 0 Å². The van der Waals surface area contributed by atoms with Crippen LogP contribution in [-0.2, 0) is 0 Å². The number of halogens is 2. The van der Waals surface area contributed by atoms with Crippen molar-refractivity contribution in [1.82, 2.24) is 15.0 Å². The van der Waals surface area contributed by atoms with Crippen LogP contribution in [0.3, 0.4) is 0 Å². The van der Waals surface area contributed by atoms with E-state index in [-0.39, 0.29) is 5.92 Å². The van der Waals surface area contributed by atoms with E-state index in [0.29, 0.717) is 11.6 Å². The van der Waals surface area contributed by atoms with Crippen molar-refractivity contribution in [2.24, 2.45) is 0 Å². The van der Waals surface area contributed by atoms with E-state index in [1.165, 1.54) is 16.7 Å². The quantitative estimate of drug-likeness (QED) is 0.196. The highest BCUT2D eigenvalue weighted by Gasteiger charge is 2.19. The van der Waals surface area contributed by atoms with Crippen LogP contribution in [0, 0.1) is 0 Å². The molecule has 1 heterocycles. The molecule has 6 rings (SSSR count). The molecule has 0 spiro atoms. The molecular weight excluding hydrogens is 598 g/mol. The van der Waals surface area contributed by atoms with Crippen molar-refractivity contribution in [3.05, 3.63) is 142 Å². The van der Waals surface area contributed by atoms with Crippen molar-refractivity contribution in [2.75, 3.05) is 0 Å². The van der Waals surface area contributed by atoms with E-state index in [1.54, 1.807) is 0 Å². The number of benzene rings is 4. The Morgan fingerprint density at radius 1 is 0.553 bits per heavy atom. The fourth-order valence-corrected chi connectivity index (χ4v) is 5.89. The van der Waals surface area contributed by atoms with Crippen molar-refractivity contribution in [2.45, 2.75) is 12.3 Å². The number of nitrogens with zero attached hydrogens (tertiary/aromatic N) is 3. The van der Waals surface area contributed by atoms with Crippen LogP contribution in [0.1, 0.15) is 23.7 Å². The van der Waals surface area contributed by atoms with Gasteiger partial charge < -0.3 is 0 Å². The molecule has 0 radical (unpaired) electrons.